The van der Waals surface area contributed by atoms with E-state index < -0.39 is 0 Å². The summed E-state index contributed by atoms with van der Waals surface area (Å²) >= 11 is 0. The molecule has 0 bridgehead atoms. The molecule has 0 saturated carbocycles. The van der Waals surface area contributed by atoms with Gasteiger partial charge in [-0.3, -0.25) is 0 Å². The lowest BCUT2D eigenvalue weighted by Crippen LogP contribution is -2.37. The van der Waals surface area contributed by atoms with Crippen LogP contribution in [0.4, 0.5) is 0 Å². The van der Waals surface area contributed by atoms with Crippen molar-refractivity contribution < 1.29 is 9.84 Å². The molecular weight excluding hydrogens is 190 g/mol. The SMILES string of the molecule is NC(c1ccccc1)C1CC(O)CCO1. The van der Waals surface area contributed by atoms with Crippen molar-refractivity contribution in [2.24, 2.45) is 5.73 Å². The van der Waals surface area contributed by atoms with Gasteiger partial charge in [0.05, 0.1) is 18.2 Å². The molecule has 1 aromatic carbocycles. The molecule has 1 aliphatic rings. The van der Waals surface area contributed by atoms with E-state index in [2.05, 4.69) is 0 Å². The van der Waals surface area contributed by atoms with Gasteiger partial charge in [-0.1, -0.05) is 30.3 Å². The first-order chi connectivity index (χ1) is 7.27. The maximum atomic E-state index is 9.54. The summed E-state index contributed by atoms with van der Waals surface area (Å²) in [6, 6.07) is 9.75. The molecule has 1 heterocycles. The Bertz CT molecular complexity index is 302. The summed E-state index contributed by atoms with van der Waals surface area (Å²) in [7, 11) is 0. The number of rotatable bonds is 2. The number of hydrogen-bond acceptors (Lipinski definition) is 3. The predicted octanol–water partition coefficient (Wildman–Crippen LogP) is 1.23. The van der Waals surface area contributed by atoms with Crippen LogP contribution in [-0.4, -0.2) is 23.9 Å². The Balaban J connectivity index is 2.04. The van der Waals surface area contributed by atoms with Gasteiger partial charge >= 0.3 is 0 Å². The monoisotopic (exact) mass is 207 g/mol. The summed E-state index contributed by atoms with van der Waals surface area (Å²) in [6.45, 7) is 0.604. The van der Waals surface area contributed by atoms with Gasteiger partial charge in [0.15, 0.2) is 0 Å². The molecule has 1 aliphatic heterocycles. The third-order valence-corrected chi connectivity index (χ3v) is 2.87. The molecule has 0 spiro atoms. The van der Waals surface area contributed by atoms with Gasteiger partial charge in [-0.05, 0) is 12.0 Å². The third kappa shape index (κ3) is 2.56. The van der Waals surface area contributed by atoms with E-state index in [4.69, 9.17) is 10.5 Å². The molecule has 0 aromatic heterocycles. The molecule has 1 fully saturated rings. The number of aliphatic hydroxyl groups excluding tert-OH is 1. The van der Waals surface area contributed by atoms with Crippen LogP contribution in [0.3, 0.4) is 0 Å². The molecule has 1 saturated heterocycles. The fourth-order valence-electron chi connectivity index (χ4n) is 1.95. The van der Waals surface area contributed by atoms with Crippen LogP contribution in [0.25, 0.3) is 0 Å². The highest BCUT2D eigenvalue weighted by molar-refractivity contribution is 5.19. The zero-order valence-electron chi connectivity index (χ0n) is 8.67. The first kappa shape index (κ1) is 10.6. The fourth-order valence-corrected chi connectivity index (χ4v) is 1.95. The molecule has 82 valence electrons. The van der Waals surface area contributed by atoms with Crippen molar-refractivity contribution in [3.8, 4) is 0 Å². The summed E-state index contributed by atoms with van der Waals surface area (Å²) < 4.78 is 5.58. The topological polar surface area (TPSA) is 55.5 Å². The minimum absolute atomic E-state index is 0.0591. The lowest BCUT2D eigenvalue weighted by molar-refractivity contribution is -0.0542. The van der Waals surface area contributed by atoms with E-state index >= 15 is 0 Å². The number of ether oxygens (including phenoxy) is 1. The van der Waals surface area contributed by atoms with Crippen molar-refractivity contribution >= 4 is 0 Å². The second kappa shape index (κ2) is 4.75. The van der Waals surface area contributed by atoms with Crippen molar-refractivity contribution in [2.45, 2.75) is 31.1 Å². The van der Waals surface area contributed by atoms with Crippen LogP contribution in [0.15, 0.2) is 30.3 Å². The smallest absolute Gasteiger partial charge is 0.0792 e. The van der Waals surface area contributed by atoms with Crippen molar-refractivity contribution in [2.75, 3.05) is 6.61 Å². The van der Waals surface area contributed by atoms with Crippen molar-refractivity contribution in [1.82, 2.24) is 0 Å². The Morgan fingerprint density at radius 3 is 2.73 bits per heavy atom. The molecule has 0 aliphatic carbocycles. The first-order valence-electron chi connectivity index (χ1n) is 5.37. The number of hydrogen-bond donors (Lipinski definition) is 2. The molecule has 0 amide bonds. The third-order valence-electron chi connectivity index (χ3n) is 2.87. The second-order valence-electron chi connectivity index (χ2n) is 4.02. The highest BCUT2D eigenvalue weighted by atomic mass is 16.5. The normalized spacial score (nSPS) is 28.7. The summed E-state index contributed by atoms with van der Waals surface area (Å²) in [5.74, 6) is 0. The van der Waals surface area contributed by atoms with E-state index in [0.717, 1.165) is 12.0 Å². The van der Waals surface area contributed by atoms with E-state index in [1.807, 2.05) is 30.3 Å². The van der Waals surface area contributed by atoms with Crippen LogP contribution in [0.5, 0.6) is 0 Å². The number of nitrogens with two attached hydrogens (primary N) is 1. The Morgan fingerprint density at radius 2 is 2.07 bits per heavy atom. The molecule has 3 N–H and O–H groups in total. The summed E-state index contributed by atoms with van der Waals surface area (Å²) in [4.78, 5) is 0. The maximum Gasteiger partial charge on any atom is 0.0792 e. The lowest BCUT2D eigenvalue weighted by atomic mass is 9.95. The van der Waals surface area contributed by atoms with E-state index in [0.29, 0.717) is 13.0 Å². The first-order valence-corrected chi connectivity index (χ1v) is 5.37. The molecule has 1 aromatic rings. The maximum absolute atomic E-state index is 9.54. The van der Waals surface area contributed by atoms with Gasteiger partial charge in [0.2, 0.25) is 0 Å². The van der Waals surface area contributed by atoms with Crippen LogP contribution in [0, 0.1) is 0 Å². The molecule has 0 radical (unpaired) electrons. The Labute approximate surface area is 89.9 Å². The molecule has 3 heteroatoms. The Hall–Kier alpha value is -0.900. The van der Waals surface area contributed by atoms with E-state index in [-0.39, 0.29) is 18.2 Å². The van der Waals surface area contributed by atoms with Crippen LogP contribution in [-0.2, 0) is 4.74 Å². The van der Waals surface area contributed by atoms with Crippen LogP contribution in [0.1, 0.15) is 24.4 Å². The Kier molecular flexibility index (Phi) is 3.36. The van der Waals surface area contributed by atoms with Gasteiger partial charge in [-0.15, -0.1) is 0 Å². The minimum Gasteiger partial charge on any atom is -0.393 e. The van der Waals surface area contributed by atoms with Gasteiger partial charge in [-0.25, -0.2) is 0 Å². The van der Waals surface area contributed by atoms with Gasteiger partial charge in [0.1, 0.15) is 0 Å². The average molecular weight is 207 g/mol. The zero-order valence-corrected chi connectivity index (χ0v) is 8.67. The zero-order chi connectivity index (χ0) is 10.7. The predicted molar refractivity (Wildman–Crippen MR) is 58.4 cm³/mol. The van der Waals surface area contributed by atoms with Gasteiger partial charge in [0, 0.05) is 13.0 Å². The van der Waals surface area contributed by atoms with E-state index in [9.17, 15) is 5.11 Å². The number of aliphatic hydroxyl groups is 1. The molecule has 3 unspecified atom stereocenters. The average Bonchev–Trinajstić information content (AvgIpc) is 2.29. The molecule has 2 rings (SSSR count). The summed E-state index contributed by atoms with van der Waals surface area (Å²) in [6.07, 6.45) is 1.03. The quantitative estimate of drug-likeness (QED) is 0.766. The van der Waals surface area contributed by atoms with Gasteiger partial charge in [-0.2, -0.15) is 0 Å². The molecule has 3 atom stereocenters. The van der Waals surface area contributed by atoms with E-state index in [1.54, 1.807) is 0 Å². The highest BCUT2D eigenvalue weighted by Gasteiger charge is 2.26. The number of benzene rings is 1. The van der Waals surface area contributed by atoms with Gasteiger partial charge < -0.3 is 15.6 Å². The highest BCUT2D eigenvalue weighted by Crippen LogP contribution is 2.24. The molecule has 15 heavy (non-hydrogen) atoms. The lowest BCUT2D eigenvalue weighted by Gasteiger charge is -2.30. The second-order valence-corrected chi connectivity index (χ2v) is 4.02. The minimum atomic E-state index is -0.265. The fraction of sp³-hybridized carbons (Fsp3) is 0.500. The van der Waals surface area contributed by atoms with Crippen molar-refractivity contribution in [3.05, 3.63) is 35.9 Å². The van der Waals surface area contributed by atoms with Crippen LogP contribution < -0.4 is 5.73 Å². The van der Waals surface area contributed by atoms with Crippen LogP contribution >= 0.6 is 0 Å². The summed E-state index contributed by atoms with van der Waals surface area (Å²) in [5.41, 5.74) is 7.16. The largest absolute Gasteiger partial charge is 0.393 e. The molecular formula is C12H17NO2. The molecule has 3 nitrogen and oxygen atoms in total. The Morgan fingerprint density at radius 1 is 1.33 bits per heavy atom. The van der Waals surface area contributed by atoms with Gasteiger partial charge in [0.25, 0.3) is 0 Å². The summed E-state index contributed by atoms with van der Waals surface area (Å²) in [5, 5.41) is 9.54. The van der Waals surface area contributed by atoms with Crippen molar-refractivity contribution in [3.63, 3.8) is 0 Å². The standard InChI is InChI=1S/C12H17NO2/c13-12(9-4-2-1-3-5-9)11-8-10(14)6-7-15-11/h1-5,10-12,14H,6-8,13H2. The van der Waals surface area contributed by atoms with Crippen LogP contribution in [0.2, 0.25) is 0 Å². The van der Waals surface area contributed by atoms with Crippen molar-refractivity contribution in [1.29, 1.82) is 0 Å². The van der Waals surface area contributed by atoms with E-state index in [1.165, 1.54) is 0 Å².